The second-order valence-electron chi connectivity index (χ2n) is 2.03. The molecule has 1 amide bonds. The maximum absolute atomic E-state index is 10.7. The van der Waals surface area contributed by atoms with Crippen LogP contribution in [0.4, 0.5) is 0 Å². The van der Waals surface area contributed by atoms with Crippen LogP contribution in [0.3, 0.4) is 0 Å². The van der Waals surface area contributed by atoms with Crippen LogP contribution in [0.25, 0.3) is 0 Å². The van der Waals surface area contributed by atoms with Crippen LogP contribution in [0, 0.1) is 0 Å². The first-order chi connectivity index (χ1) is 4.75. The van der Waals surface area contributed by atoms with Crippen molar-refractivity contribution in [1.82, 2.24) is 4.90 Å². The van der Waals surface area contributed by atoms with Crippen molar-refractivity contribution in [1.29, 1.82) is 0 Å². The highest BCUT2D eigenvalue weighted by atomic mass is 16.3. The summed E-state index contributed by atoms with van der Waals surface area (Å²) in [5, 5.41) is 17.4. The molecular weight excluding hydrogens is 134 g/mol. The van der Waals surface area contributed by atoms with Crippen molar-refractivity contribution < 1.29 is 15.0 Å². The van der Waals surface area contributed by atoms with Gasteiger partial charge in [-0.2, -0.15) is 0 Å². The predicted molar refractivity (Wildman–Crippen MR) is 33.9 cm³/mol. The molecule has 1 aliphatic heterocycles. The average Bonchev–Trinajstić information content (AvgIpc) is 2.20. The number of aliphatic hydroxyl groups excluding tert-OH is 2. The van der Waals surface area contributed by atoms with Gasteiger partial charge in [0.05, 0.1) is 6.61 Å². The van der Waals surface area contributed by atoms with E-state index in [1.54, 1.807) is 0 Å². The SMILES string of the molecule is O=C1C=CC(O)N1CCO. The standard InChI is InChI=1S/C6H9NO3/c8-4-3-7-5(9)1-2-6(7)10/h1-2,5,8-9H,3-4H2. The zero-order valence-electron chi connectivity index (χ0n) is 5.40. The van der Waals surface area contributed by atoms with Crippen LogP contribution in [0.1, 0.15) is 0 Å². The third-order valence-corrected chi connectivity index (χ3v) is 1.35. The highest BCUT2D eigenvalue weighted by Crippen LogP contribution is 2.06. The predicted octanol–water partition coefficient (Wildman–Crippen LogP) is -1.30. The summed E-state index contributed by atoms with van der Waals surface area (Å²) in [6.07, 6.45) is 1.83. The third kappa shape index (κ3) is 1.17. The maximum atomic E-state index is 10.7. The van der Waals surface area contributed by atoms with Gasteiger partial charge in [-0.15, -0.1) is 0 Å². The van der Waals surface area contributed by atoms with E-state index in [4.69, 9.17) is 10.2 Å². The molecule has 1 heterocycles. The van der Waals surface area contributed by atoms with Crippen molar-refractivity contribution in [3.8, 4) is 0 Å². The summed E-state index contributed by atoms with van der Waals surface area (Å²) >= 11 is 0. The molecule has 0 bridgehead atoms. The van der Waals surface area contributed by atoms with Gasteiger partial charge in [0.1, 0.15) is 6.23 Å². The zero-order chi connectivity index (χ0) is 7.56. The Labute approximate surface area is 58.4 Å². The van der Waals surface area contributed by atoms with Crippen LogP contribution >= 0.6 is 0 Å². The fraction of sp³-hybridized carbons (Fsp3) is 0.500. The minimum absolute atomic E-state index is 0.121. The fourth-order valence-corrected chi connectivity index (χ4v) is 0.849. The molecule has 4 heteroatoms. The molecule has 0 saturated carbocycles. The molecule has 1 rings (SSSR count). The lowest BCUT2D eigenvalue weighted by molar-refractivity contribution is -0.131. The van der Waals surface area contributed by atoms with Gasteiger partial charge in [-0.05, 0) is 6.08 Å². The van der Waals surface area contributed by atoms with Crippen LogP contribution in [0.5, 0.6) is 0 Å². The molecule has 1 atom stereocenters. The monoisotopic (exact) mass is 143 g/mol. The van der Waals surface area contributed by atoms with E-state index in [9.17, 15) is 4.79 Å². The number of rotatable bonds is 2. The van der Waals surface area contributed by atoms with E-state index in [-0.39, 0.29) is 19.1 Å². The normalized spacial score (nSPS) is 24.4. The Kier molecular flexibility index (Phi) is 2.03. The average molecular weight is 143 g/mol. The first-order valence-corrected chi connectivity index (χ1v) is 3.03. The molecule has 1 aliphatic rings. The Morgan fingerprint density at radius 2 is 2.40 bits per heavy atom. The van der Waals surface area contributed by atoms with Crippen LogP contribution in [-0.4, -0.2) is 40.4 Å². The molecule has 0 radical (unpaired) electrons. The van der Waals surface area contributed by atoms with Crippen LogP contribution in [-0.2, 0) is 4.79 Å². The van der Waals surface area contributed by atoms with Gasteiger partial charge in [0.25, 0.3) is 0 Å². The molecule has 0 aromatic rings. The maximum Gasteiger partial charge on any atom is 0.248 e. The van der Waals surface area contributed by atoms with Gasteiger partial charge in [0.2, 0.25) is 5.91 Å². The first kappa shape index (κ1) is 7.24. The highest BCUT2D eigenvalue weighted by Gasteiger charge is 2.22. The summed E-state index contributed by atoms with van der Waals surface area (Å²) in [4.78, 5) is 11.9. The molecule has 0 spiro atoms. The second-order valence-corrected chi connectivity index (χ2v) is 2.03. The van der Waals surface area contributed by atoms with Gasteiger partial charge in [0, 0.05) is 12.6 Å². The van der Waals surface area contributed by atoms with Gasteiger partial charge < -0.3 is 15.1 Å². The smallest absolute Gasteiger partial charge is 0.248 e. The molecule has 0 aliphatic carbocycles. The third-order valence-electron chi connectivity index (χ3n) is 1.35. The van der Waals surface area contributed by atoms with Gasteiger partial charge >= 0.3 is 0 Å². The zero-order valence-corrected chi connectivity index (χ0v) is 5.40. The van der Waals surface area contributed by atoms with Gasteiger partial charge in [-0.1, -0.05) is 0 Å². The van der Waals surface area contributed by atoms with Gasteiger partial charge in [-0.3, -0.25) is 4.79 Å². The minimum Gasteiger partial charge on any atom is -0.395 e. The lowest BCUT2D eigenvalue weighted by Crippen LogP contribution is -2.35. The van der Waals surface area contributed by atoms with Crippen LogP contribution < -0.4 is 0 Å². The molecule has 0 aromatic carbocycles. The molecule has 0 fully saturated rings. The molecule has 0 saturated heterocycles. The molecule has 1 unspecified atom stereocenters. The Bertz CT molecular complexity index is 166. The van der Waals surface area contributed by atoms with E-state index >= 15 is 0 Å². The Morgan fingerprint density at radius 1 is 1.70 bits per heavy atom. The highest BCUT2D eigenvalue weighted by molar-refractivity contribution is 5.90. The van der Waals surface area contributed by atoms with Crippen molar-refractivity contribution in [2.45, 2.75) is 6.23 Å². The first-order valence-electron chi connectivity index (χ1n) is 3.03. The molecule has 2 N–H and O–H groups in total. The fourth-order valence-electron chi connectivity index (χ4n) is 0.849. The quantitative estimate of drug-likeness (QED) is 0.505. The van der Waals surface area contributed by atoms with E-state index in [1.165, 1.54) is 17.1 Å². The Hall–Kier alpha value is -0.870. The summed E-state index contributed by atoms with van der Waals surface area (Å²) in [6, 6.07) is 0. The number of nitrogens with zero attached hydrogens (tertiary/aromatic N) is 1. The Morgan fingerprint density at radius 3 is 2.80 bits per heavy atom. The summed E-state index contributed by atoms with van der Waals surface area (Å²) < 4.78 is 0. The number of carbonyl (C=O) groups is 1. The van der Waals surface area contributed by atoms with Gasteiger partial charge in [-0.25, -0.2) is 0 Å². The number of carbonyl (C=O) groups excluding carboxylic acids is 1. The number of β-amino-alcohol motifs (C(OH)–C–C–N with tert-alkyl or cyclic N) is 1. The molecule has 0 aromatic heterocycles. The molecule has 56 valence electrons. The Balaban J connectivity index is 2.52. The van der Waals surface area contributed by atoms with Gasteiger partial charge in [0.15, 0.2) is 0 Å². The number of amides is 1. The van der Waals surface area contributed by atoms with E-state index in [0.29, 0.717) is 0 Å². The summed E-state index contributed by atoms with van der Waals surface area (Å²) in [5.74, 6) is -0.249. The van der Waals surface area contributed by atoms with E-state index in [0.717, 1.165) is 0 Å². The number of hydrogen-bond acceptors (Lipinski definition) is 3. The number of hydrogen-bond donors (Lipinski definition) is 2. The van der Waals surface area contributed by atoms with E-state index < -0.39 is 6.23 Å². The summed E-state index contributed by atoms with van der Waals surface area (Å²) in [5.41, 5.74) is 0. The molecule has 10 heavy (non-hydrogen) atoms. The van der Waals surface area contributed by atoms with Crippen molar-refractivity contribution in [3.05, 3.63) is 12.2 Å². The van der Waals surface area contributed by atoms with Crippen molar-refractivity contribution in [3.63, 3.8) is 0 Å². The lowest BCUT2D eigenvalue weighted by atomic mass is 10.5. The second kappa shape index (κ2) is 2.81. The molecule has 4 nitrogen and oxygen atoms in total. The van der Waals surface area contributed by atoms with Crippen LogP contribution in [0.15, 0.2) is 12.2 Å². The van der Waals surface area contributed by atoms with Crippen LogP contribution in [0.2, 0.25) is 0 Å². The summed E-state index contributed by atoms with van der Waals surface area (Å²) in [7, 11) is 0. The largest absolute Gasteiger partial charge is 0.395 e. The van der Waals surface area contributed by atoms with Crippen molar-refractivity contribution in [2.75, 3.05) is 13.2 Å². The summed E-state index contributed by atoms with van der Waals surface area (Å²) in [6.45, 7) is 0.0669. The van der Waals surface area contributed by atoms with Crippen molar-refractivity contribution in [2.24, 2.45) is 0 Å². The number of aliphatic hydroxyl groups is 2. The lowest BCUT2D eigenvalue weighted by Gasteiger charge is -2.18. The molecular formula is C6H9NO3. The minimum atomic E-state index is -0.848. The van der Waals surface area contributed by atoms with Crippen molar-refractivity contribution >= 4 is 5.91 Å². The van der Waals surface area contributed by atoms with E-state index in [2.05, 4.69) is 0 Å². The van der Waals surface area contributed by atoms with E-state index in [1.807, 2.05) is 0 Å². The topological polar surface area (TPSA) is 60.8 Å².